The van der Waals surface area contributed by atoms with Crippen molar-refractivity contribution < 1.29 is 3.07 Å². The lowest BCUT2D eigenvalue weighted by molar-refractivity contribution is 0.716. The van der Waals surface area contributed by atoms with E-state index >= 15 is 0 Å². The number of anilines is 1. The summed E-state index contributed by atoms with van der Waals surface area (Å²) in [5, 5.41) is 0. The van der Waals surface area contributed by atoms with Crippen LogP contribution in [0.4, 0.5) is 5.69 Å². The summed E-state index contributed by atoms with van der Waals surface area (Å²) in [5.41, 5.74) is 7.44. The van der Waals surface area contributed by atoms with Gasteiger partial charge in [-0.05, 0) is 30.7 Å². The monoisotopic (exact) mass is 249 g/mol. The van der Waals surface area contributed by atoms with Crippen LogP contribution in [0.3, 0.4) is 0 Å². The van der Waals surface area contributed by atoms with Gasteiger partial charge in [-0.25, -0.2) is 0 Å². The quantitative estimate of drug-likeness (QED) is 0.612. The molecule has 0 radical (unpaired) electrons. The average Bonchev–Trinajstić information content (AvgIpc) is 1.95. The fourth-order valence-electron chi connectivity index (χ4n) is 0.696. The first-order valence-electron chi connectivity index (χ1n) is 2.89. The van der Waals surface area contributed by atoms with Crippen LogP contribution in [-0.4, -0.2) is 0 Å². The Morgan fingerprint density at radius 2 is 2.20 bits per heavy atom. The van der Waals surface area contributed by atoms with Gasteiger partial charge < -0.3 is 8.80 Å². The van der Waals surface area contributed by atoms with Crippen molar-refractivity contribution in [2.75, 3.05) is 5.73 Å². The van der Waals surface area contributed by atoms with Crippen LogP contribution >= 0.6 is 23.0 Å². The lowest BCUT2D eigenvalue weighted by Gasteiger charge is -2.00. The first-order chi connectivity index (χ1) is 4.74. The average molecular weight is 249 g/mol. The predicted octanol–water partition coefficient (Wildman–Crippen LogP) is 2.31. The summed E-state index contributed by atoms with van der Waals surface area (Å²) >= 11 is 1.84. The van der Waals surface area contributed by atoms with Gasteiger partial charge in [-0.15, -0.1) is 0 Å². The zero-order valence-electron chi connectivity index (χ0n) is 5.60. The molecule has 1 aromatic rings. The lowest BCUT2D eigenvalue weighted by Crippen LogP contribution is -1.88. The van der Waals surface area contributed by atoms with E-state index < -0.39 is 0 Å². The van der Waals surface area contributed by atoms with Gasteiger partial charge in [0.25, 0.3) is 0 Å². The van der Waals surface area contributed by atoms with Crippen molar-refractivity contribution in [2.45, 2.75) is 6.92 Å². The highest BCUT2D eigenvalue weighted by Gasteiger charge is 1.94. The Labute approximate surface area is 74.1 Å². The van der Waals surface area contributed by atoms with E-state index in [1.165, 1.54) is 0 Å². The molecule has 10 heavy (non-hydrogen) atoms. The minimum absolute atomic E-state index is 0.803. The van der Waals surface area contributed by atoms with Gasteiger partial charge in [-0.1, -0.05) is 0 Å². The lowest BCUT2D eigenvalue weighted by atomic mass is 10.2. The Morgan fingerprint density at radius 3 is 2.70 bits per heavy atom. The van der Waals surface area contributed by atoms with Gasteiger partial charge >= 0.3 is 0 Å². The topological polar surface area (TPSA) is 35.2 Å². The van der Waals surface area contributed by atoms with E-state index in [2.05, 4.69) is 0 Å². The van der Waals surface area contributed by atoms with E-state index in [-0.39, 0.29) is 0 Å². The summed E-state index contributed by atoms with van der Waals surface area (Å²) in [6.07, 6.45) is 0. The summed E-state index contributed by atoms with van der Waals surface area (Å²) in [4.78, 5) is 0. The van der Waals surface area contributed by atoms with Crippen molar-refractivity contribution in [3.8, 4) is 5.75 Å². The molecule has 0 amide bonds. The zero-order chi connectivity index (χ0) is 7.56. The molecular weight excluding hydrogens is 241 g/mol. The van der Waals surface area contributed by atoms with Crippen molar-refractivity contribution in [1.82, 2.24) is 0 Å². The molecule has 0 spiro atoms. The summed E-state index contributed by atoms with van der Waals surface area (Å²) in [6, 6.07) is 5.58. The molecule has 54 valence electrons. The minimum atomic E-state index is 0.803. The van der Waals surface area contributed by atoms with E-state index in [1.54, 1.807) is 0 Å². The molecule has 3 heteroatoms. The van der Waals surface area contributed by atoms with E-state index in [0.717, 1.165) is 17.0 Å². The van der Waals surface area contributed by atoms with Gasteiger partial charge in [-0.2, -0.15) is 0 Å². The molecule has 0 heterocycles. The molecule has 2 nitrogen and oxygen atoms in total. The highest BCUT2D eigenvalue weighted by molar-refractivity contribution is 14.1. The van der Waals surface area contributed by atoms with Crippen molar-refractivity contribution in [1.29, 1.82) is 0 Å². The summed E-state index contributed by atoms with van der Waals surface area (Å²) in [6.45, 7) is 1.95. The van der Waals surface area contributed by atoms with Gasteiger partial charge in [0.1, 0.15) is 5.75 Å². The molecular formula is C7H8INO. The number of nitrogens with two attached hydrogens (primary N) is 1. The first-order valence-corrected chi connectivity index (χ1v) is 3.77. The molecule has 1 aromatic carbocycles. The van der Waals surface area contributed by atoms with Gasteiger partial charge in [-0.3, -0.25) is 0 Å². The predicted molar refractivity (Wildman–Crippen MR) is 50.2 cm³/mol. The number of rotatable bonds is 1. The van der Waals surface area contributed by atoms with E-state index in [4.69, 9.17) is 8.80 Å². The first kappa shape index (κ1) is 7.65. The number of halogens is 1. The van der Waals surface area contributed by atoms with Crippen molar-refractivity contribution in [2.24, 2.45) is 0 Å². The highest BCUT2D eigenvalue weighted by Crippen LogP contribution is 2.19. The summed E-state index contributed by atoms with van der Waals surface area (Å²) in [7, 11) is 0. The maximum atomic E-state index is 5.59. The molecule has 0 atom stereocenters. The normalized spacial score (nSPS) is 9.40. The maximum Gasteiger partial charge on any atom is 0.192 e. The number of nitrogen functional groups attached to an aromatic ring is 1. The molecule has 0 aliphatic heterocycles. The van der Waals surface area contributed by atoms with Crippen LogP contribution in [0.1, 0.15) is 5.56 Å². The number of benzene rings is 1. The molecule has 0 saturated carbocycles. The maximum absolute atomic E-state index is 5.59. The number of hydrogen-bond donors (Lipinski definition) is 1. The van der Waals surface area contributed by atoms with Crippen LogP contribution in [0.2, 0.25) is 0 Å². The molecule has 0 unspecified atom stereocenters. The van der Waals surface area contributed by atoms with Gasteiger partial charge in [0.2, 0.25) is 0 Å². The van der Waals surface area contributed by atoms with Crippen molar-refractivity contribution in [3.05, 3.63) is 23.8 Å². The Kier molecular flexibility index (Phi) is 2.37. The smallest absolute Gasteiger partial charge is 0.192 e. The second-order valence-electron chi connectivity index (χ2n) is 2.10. The fraction of sp³-hybridized carbons (Fsp3) is 0.143. The van der Waals surface area contributed by atoms with Gasteiger partial charge in [0.05, 0.1) is 0 Å². The second-order valence-corrected chi connectivity index (χ2v) is 2.54. The number of aryl methyl sites for hydroxylation is 1. The molecule has 0 aliphatic rings. The molecule has 0 bridgehead atoms. The standard InChI is InChI=1S/C7H8INO/c1-5-4-6(10-8)2-3-7(5)9/h2-4H,9H2,1H3. The van der Waals surface area contributed by atoms with Crippen LogP contribution in [-0.2, 0) is 0 Å². The highest BCUT2D eigenvalue weighted by atomic mass is 127. The van der Waals surface area contributed by atoms with Crippen molar-refractivity contribution in [3.63, 3.8) is 0 Å². The van der Waals surface area contributed by atoms with Crippen molar-refractivity contribution >= 4 is 28.7 Å². The molecule has 0 saturated heterocycles. The third-order valence-corrected chi connectivity index (χ3v) is 1.84. The minimum Gasteiger partial charge on any atom is -0.428 e. The molecule has 0 aromatic heterocycles. The Morgan fingerprint density at radius 1 is 1.50 bits per heavy atom. The van der Waals surface area contributed by atoms with Crippen LogP contribution in [0, 0.1) is 6.92 Å². The molecule has 2 N–H and O–H groups in total. The van der Waals surface area contributed by atoms with E-state index in [0.29, 0.717) is 0 Å². The third-order valence-electron chi connectivity index (χ3n) is 1.33. The Hall–Kier alpha value is -0.450. The Bertz CT molecular complexity index is 237. The largest absolute Gasteiger partial charge is 0.428 e. The van der Waals surface area contributed by atoms with E-state index in [9.17, 15) is 0 Å². The van der Waals surface area contributed by atoms with Gasteiger partial charge in [0.15, 0.2) is 23.0 Å². The van der Waals surface area contributed by atoms with Crippen LogP contribution in [0.25, 0.3) is 0 Å². The summed E-state index contributed by atoms with van der Waals surface area (Å²) in [5.74, 6) is 0.840. The third kappa shape index (κ3) is 1.53. The van der Waals surface area contributed by atoms with Crippen LogP contribution in [0.5, 0.6) is 5.75 Å². The SMILES string of the molecule is Cc1cc(OI)ccc1N. The summed E-state index contributed by atoms with van der Waals surface area (Å²) < 4.78 is 4.96. The molecule has 1 rings (SSSR count). The Balaban J connectivity index is 3.04. The molecule has 0 aliphatic carbocycles. The van der Waals surface area contributed by atoms with Gasteiger partial charge in [0, 0.05) is 5.69 Å². The van der Waals surface area contributed by atoms with Crippen LogP contribution in [0.15, 0.2) is 18.2 Å². The molecule has 0 fully saturated rings. The van der Waals surface area contributed by atoms with E-state index in [1.807, 2.05) is 48.1 Å². The second kappa shape index (κ2) is 3.09. The van der Waals surface area contributed by atoms with Crippen LogP contribution < -0.4 is 8.80 Å². The zero-order valence-corrected chi connectivity index (χ0v) is 7.75. The fourth-order valence-corrected chi connectivity index (χ4v) is 0.970. The number of hydrogen-bond acceptors (Lipinski definition) is 2.